The van der Waals surface area contributed by atoms with E-state index in [1.165, 1.54) is 0 Å². The van der Waals surface area contributed by atoms with Crippen LogP contribution in [0.3, 0.4) is 0 Å². The zero-order valence-electron chi connectivity index (χ0n) is 7.91. The average molecular weight is 208 g/mol. The van der Waals surface area contributed by atoms with Gasteiger partial charge in [0.25, 0.3) is 0 Å². The predicted molar refractivity (Wildman–Crippen MR) is 45.4 cm³/mol. The highest BCUT2D eigenvalue weighted by atomic mass is 16.7. The number of hydrogen-bond acceptors (Lipinski definition) is 6. The summed E-state index contributed by atoms with van der Waals surface area (Å²) in [6.45, 7) is 1.58. The first-order valence-corrected chi connectivity index (χ1v) is 4.54. The second kappa shape index (κ2) is 5.01. The summed E-state index contributed by atoms with van der Waals surface area (Å²) in [5, 5.41) is 36.9. The fourth-order valence-electron chi connectivity index (χ4n) is 1.37. The third-order valence-electron chi connectivity index (χ3n) is 2.18. The minimum absolute atomic E-state index is 0.308. The summed E-state index contributed by atoms with van der Waals surface area (Å²) < 4.78 is 10.0. The third-order valence-corrected chi connectivity index (χ3v) is 2.18. The van der Waals surface area contributed by atoms with Crippen LogP contribution in [-0.4, -0.2) is 64.3 Å². The molecule has 0 spiro atoms. The van der Waals surface area contributed by atoms with E-state index in [4.69, 9.17) is 14.6 Å². The van der Waals surface area contributed by atoms with Gasteiger partial charge in [-0.2, -0.15) is 0 Å². The van der Waals surface area contributed by atoms with Crippen LogP contribution in [0.15, 0.2) is 0 Å². The molecule has 2 unspecified atom stereocenters. The normalized spacial score (nSPS) is 43.9. The van der Waals surface area contributed by atoms with E-state index in [1.54, 1.807) is 6.92 Å². The topological polar surface area (TPSA) is 99.4 Å². The van der Waals surface area contributed by atoms with Crippen LogP contribution in [0.2, 0.25) is 0 Å². The van der Waals surface area contributed by atoms with Crippen molar-refractivity contribution in [2.75, 3.05) is 13.2 Å². The fourth-order valence-corrected chi connectivity index (χ4v) is 1.37. The summed E-state index contributed by atoms with van der Waals surface area (Å²) in [6.07, 6.45) is -5.89. The molecule has 6 heteroatoms. The largest absolute Gasteiger partial charge is 0.394 e. The van der Waals surface area contributed by atoms with Gasteiger partial charge in [-0.15, -0.1) is 0 Å². The molecule has 84 valence electrons. The maximum absolute atomic E-state index is 9.41. The predicted octanol–water partition coefficient (Wildman–Crippen LogP) is -2.18. The summed E-state index contributed by atoms with van der Waals surface area (Å²) >= 11 is 0. The smallest absolute Gasteiger partial charge is 0.186 e. The molecule has 0 aliphatic carbocycles. The van der Waals surface area contributed by atoms with E-state index in [0.717, 1.165) is 0 Å². The van der Waals surface area contributed by atoms with E-state index in [2.05, 4.69) is 0 Å². The van der Waals surface area contributed by atoms with Crippen LogP contribution >= 0.6 is 0 Å². The van der Waals surface area contributed by atoms with E-state index in [9.17, 15) is 15.3 Å². The summed E-state index contributed by atoms with van der Waals surface area (Å²) in [4.78, 5) is 0. The molecule has 6 nitrogen and oxygen atoms in total. The minimum Gasteiger partial charge on any atom is -0.394 e. The van der Waals surface area contributed by atoms with Gasteiger partial charge in [0, 0.05) is 6.61 Å². The average Bonchev–Trinajstić information content (AvgIpc) is 2.19. The van der Waals surface area contributed by atoms with Crippen LogP contribution in [0.25, 0.3) is 0 Å². The second-order valence-electron chi connectivity index (χ2n) is 3.15. The van der Waals surface area contributed by atoms with Crippen molar-refractivity contribution in [2.24, 2.45) is 0 Å². The van der Waals surface area contributed by atoms with Crippen LogP contribution in [0.4, 0.5) is 0 Å². The lowest BCUT2D eigenvalue weighted by Crippen LogP contribution is -2.59. The fraction of sp³-hybridized carbons (Fsp3) is 1.00. The Bertz CT molecular complexity index is 171. The molecule has 4 N–H and O–H groups in total. The third kappa shape index (κ3) is 2.22. The molecule has 0 saturated carbocycles. The molecule has 1 saturated heterocycles. The van der Waals surface area contributed by atoms with Gasteiger partial charge >= 0.3 is 0 Å². The highest BCUT2D eigenvalue weighted by Crippen LogP contribution is 2.21. The Morgan fingerprint density at radius 2 is 1.79 bits per heavy atom. The Labute approximate surface area is 81.7 Å². The van der Waals surface area contributed by atoms with Gasteiger partial charge in [0.1, 0.15) is 24.4 Å². The standard InChI is InChI=1S/C8H16O6/c1-2-13-8-7(12)6(11)5(10)4(3-9)14-8/h4-12H,2-3H2,1H3/t4?,5-,6-,7?,8+/m0/s1. The summed E-state index contributed by atoms with van der Waals surface area (Å²) in [6, 6.07) is 0. The van der Waals surface area contributed by atoms with E-state index in [0.29, 0.717) is 6.61 Å². The highest BCUT2D eigenvalue weighted by Gasteiger charge is 2.43. The lowest BCUT2D eigenvalue weighted by molar-refractivity contribution is -0.300. The zero-order chi connectivity index (χ0) is 10.7. The number of hydrogen-bond donors (Lipinski definition) is 4. The van der Waals surface area contributed by atoms with Crippen molar-refractivity contribution in [3.8, 4) is 0 Å². The molecule has 0 aromatic heterocycles. The van der Waals surface area contributed by atoms with Crippen molar-refractivity contribution >= 4 is 0 Å². The molecule has 1 fully saturated rings. The number of aliphatic hydroxyl groups excluding tert-OH is 4. The van der Waals surface area contributed by atoms with Crippen molar-refractivity contribution in [2.45, 2.75) is 37.6 Å². The maximum Gasteiger partial charge on any atom is 0.186 e. The van der Waals surface area contributed by atoms with Crippen LogP contribution < -0.4 is 0 Å². The summed E-state index contributed by atoms with van der Waals surface area (Å²) in [5.74, 6) is 0. The zero-order valence-corrected chi connectivity index (χ0v) is 7.91. The van der Waals surface area contributed by atoms with E-state index in [-0.39, 0.29) is 0 Å². The molecule has 0 amide bonds. The molecule has 1 heterocycles. The lowest BCUT2D eigenvalue weighted by Gasteiger charge is -2.39. The first kappa shape index (κ1) is 11.8. The van der Waals surface area contributed by atoms with E-state index < -0.39 is 37.3 Å². The van der Waals surface area contributed by atoms with Crippen LogP contribution in [-0.2, 0) is 9.47 Å². The first-order chi connectivity index (χ1) is 6.61. The van der Waals surface area contributed by atoms with Gasteiger partial charge in [0.2, 0.25) is 0 Å². The molecular weight excluding hydrogens is 192 g/mol. The molecule has 5 atom stereocenters. The molecular formula is C8H16O6. The SMILES string of the molecule is CCO[C@@H]1OC(CO)[C@H](O)[C@H](O)C1O. The molecule has 1 rings (SSSR count). The van der Waals surface area contributed by atoms with Gasteiger partial charge in [0.05, 0.1) is 6.61 Å². The van der Waals surface area contributed by atoms with Gasteiger partial charge < -0.3 is 29.9 Å². The maximum atomic E-state index is 9.41. The first-order valence-electron chi connectivity index (χ1n) is 4.54. The molecule has 0 aromatic carbocycles. The van der Waals surface area contributed by atoms with Gasteiger partial charge in [-0.25, -0.2) is 0 Å². The number of rotatable bonds is 3. The summed E-state index contributed by atoms with van der Waals surface area (Å²) in [7, 11) is 0. The molecule has 14 heavy (non-hydrogen) atoms. The van der Waals surface area contributed by atoms with Gasteiger partial charge in [-0.05, 0) is 6.92 Å². The second-order valence-corrected chi connectivity index (χ2v) is 3.15. The quantitative estimate of drug-likeness (QED) is 0.421. The van der Waals surface area contributed by atoms with Gasteiger partial charge in [-0.1, -0.05) is 0 Å². The van der Waals surface area contributed by atoms with Crippen molar-refractivity contribution < 1.29 is 29.9 Å². The monoisotopic (exact) mass is 208 g/mol. The van der Waals surface area contributed by atoms with Crippen molar-refractivity contribution in [1.29, 1.82) is 0 Å². The Morgan fingerprint density at radius 3 is 2.29 bits per heavy atom. The van der Waals surface area contributed by atoms with Gasteiger partial charge in [-0.3, -0.25) is 0 Å². The number of ether oxygens (including phenoxy) is 2. The van der Waals surface area contributed by atoms with Crippen LogP contribution in [0.1, 0.15) is 6.92 Å². The minimum atomic E-state index is -1.36. The van der Waals surface area contributed by atoms with Gasteiger partial charge in [0.15, 0.2) is 6.29 Å². The summed E-state index contributed by atoms with van der Waals surface area (Å²) in [5.41, 5.74) is 0. The Balaban J connectivity index is 2.63. The van der Waals surface area contributed by atoms with Crippen LogP contribution in [0.5, 0.6) is 0 Å². The Morgan fingerprint density at radius 1 is 1.14 bits per heavy atom. The van der Waals surface area contributed by atoms with Crippen molar-refractivity contribution in [3.05, 3.63) is 0 Å². The Kier molecular flexibility index (Phi) is 4.24. The lowest BCUT2D eigenvalue weighted by atomic mass is 9.99. The van der Waals surface area contributed by atoms with E-state index in [1.807, 2.05) is 0 Å². The highest BCUT2D eigenvalue weighted by molar-refractivity contribution is 4.88. The van der Waals surface area contributed by atoms with Crippen molar-refractivity contribution in [1.82, 2.24) is 0 Å². The number of aliphatic hydroxyl groups is 4. The van der Waals surface area contributed by atoms with Crippen LogP contribution in [0, 0.1) is 0 Å². The molecule has 0 bridgehead atoms. The van der Waals surface area contributed by atoms with Crippen molar-refractivity contribution in [3.63, 3.8) is 0 Å². The Hall–Kier alpha value is -0.240. The molecule has 0 aromatic rings. The molecule has 0 radical (unpaired) electrons. The van der Waals surface area contributed by atoms with E-state index >= 15 is 0 Å². The molecule has 1 aliphatic rings. The molecule has 1 aliphatic heterocycles.